The largest absolute Gasteiger partial charge is 0.493 e. The topological polar surface area (TPSA) is 107 Å². The van der Waals surface area contributed by atoms with Gasteiger partial charge >= 0.3 is 12.1 Å². The lowest BCUT2D eigenvalue weighted by molar-refractivity contribution is -0.192. The minimum Gasteiger partial charge on any atom is -0.493 e. The highest BCUT2D eigenvalue weighted by molar-refractivity contribution is 6.30. The molecule has 0 atom stereocenters. The Morgan fingerprint density at radius 2 is 1.88 bits per heavy atom. The predicted molar refractivity (Wildman–Crippen MR) is 116 cm³/mol. The van der Waals surface area contributed by atoms with Crippen LogP contribution in [0.1, 0.15) is 6.42 Å². The van der Waals surface area contributed by atoms with E-state index in [2.05, 4.69) is 10.3 Å². The van der Waals surface area contributed by atoms with E-state index in [-0.39, 0.29) is 0 Å². The van der Waals surface area contributed by atoms with Gasteiger partial charge in [0.05, 0.1) is 24.9 Å². The van der Waals surface area contributed by atoms with Crippen LogP contribution in [0.5, 0.6) is 11.5 Å². The first-order valence-electron chi connectivity index (χ1n) is 9.38. The molecule has 3 rings (SSSR count). The summed E-state index contributed by atoms with van der Waals surface area (Å²) in [6.07, 6.45) is -2.69. The van der Waals surface area contributed by atoms with E-state index in [4.69, 9.17) is 36.7 Å². The number of hydrogen-bond acceptors (Lipinski definition) is 6. The lowest BCUT2D eigenvalue weighted by Gasteiger charge is -2.14. The number of halogens is 5. The summed E-state index contributed by atoms with van der Waals surface area (Å²) < 4.78 is 57.0. The minimum atomic E-state index is -5.08. The fourth-order valence-corrected chi connectivity index (χ4v) is 2.70. The van der Waals surface area contributed by atoms with Crippen LogP contribution in [0.2, 0.25) is 5.02 Å². The van der Waals surface area contributed by atoms with Gasteiger partial charge in [-0.25, -0.2) is 9.18 Å². The van der Waals surface area contributed by atoms with Crippen LogP contribution >= 0.6 is 11.6 Å². The molecule has 0 fully saturated rings. The van der Waals surface area contributed by atoms with E-state index in [9.17, 15) is 17.6 Å². The zero-order chi connectivity index (χ0) is 24.6. The smallest absolute Gasteiger partial charge is 0.490 e. The van der Waals surface area contributed by atoms with Gasteiger partial charge in [0.25, 0.3) is 0 Å². The third-order valence-electron chi connectivity index (χ3n) is 4.08. The fourth-order valence-electron chi connectivity index (χ4n) is 2.54. The number of carbonyl (C=O) groups is 1. The number of hydrogen-bond donors (Lipinski definition) is 3. The van der Waals surface area contributed by atoms with Crippen molar-refractivity contribution >= 4 is 39.8 Å². The summed E-state index contributed by atoms with van der Waals surface area (Å²) in [6.45, 7) is 1.04. The summed E-state index contributed by atoms with van der Waals surface area (Å²) >= 11 is 5.81. The van der Waals surface area contributed by atoms with Crippen molar-refractivity contribution in [3.05, 3.63) is 53.4 Å². The number of alkyl halides is 3. The van der Waals surface area contributed by atoms with E-state index in [0.717, 1.165) is 11.8 Å². The molecule has 3 aromatic rings. The Morgan fingerprint density at radius 1 is 1.18 bits per heavy atom. The number of aromatic nitrogens is 1. The van der Waals surface area contributed by atoms with Crippen LogP contribution in [0.4, 0.5) is 28.9 Å². The molecule has 0 aliphatic rings. The van der Waals surface area contributed by atoms with Crippen LogP contribution in [0.15, 0.2) is 42.6 Å². The van der Waals surface area contributed by atoms with E-state index in [0.29, 0.717) is 46.6 Å². The molecule has 12 heteroatoms. The van der Waals surface area contributed by atoms with Gasteiger partial charge in [-0.3, -0.25) is 4.98 Å². The number of nitrogens with zero attached hydrogens (tertiary/aromatic N) is 1. The molecule has 0 amide bonds. The Kier molecular flexibility index (Phi) is 9.06. The molecule has 2 aromatic carbocycles. The van der Waals surface area contributed by atoms with Gasteiger partial charge in [-0.1, -0.05) is 11.6 Å². The number of anilines is 2. The molecule has 1 heterocycles. The Labute approximate surface area is 191 Å². The van der Waals surface area contributed by atoms with Crippen LogP contribution in [0, 0.1) is 5.82 Å². The molecule has 1 aromatic heterocycles. The summed E-state index contributed by atoms with van der Waals surface area (Å²) in [4.78, 5) is 13.3. The van der Waals surface area contributed by atoms with Gasteiger partial charge in [-0.2, -0.15) is 13.2 Å². The third-order valence-corrected chi connectivity index (χ3v) is 4.31. The lowest BCUT2D eigenvalue weighted by atomic mass is 10.1. The number of nitrogens with one attached hydrogen (secondary N) is 1. The van der Waals surface area contributed by atoms with Crippen molar-refractivity contribution in [2.45, 2.75) is 12.6 Å². The van der Waals surface area contributed by atoms with E-state index < -0.39 is 18.0 Å². The molecule has 7 nitrogen and oxygen atoms in total. The van der Waals surface area contributed by atoms with Crippen molar-refractivity contribution in [2.75, 3.05) is 25.6 Å². The number of aliphatic carboxylic acids is 1. The molecule has 0 saturated heterocycles. The first-order valence-corrected chi connectivity index (χ1v) is 9.76. The van der Waals surface area contributed by atoms with Gasteiger partial charge in [0.15, 0.2) is 11.5 Å². The third kappa shape index (κ3) is 7.36. The molecule has 0 spiro atoms. The summed E-state index contributed by atoms with van der Waals surface area (Å²) in [5, 5.41) is 11.3. The number of methoxy groups -OCH3 is 1. The minimum absolute atomic E-state index is 0.323. The highest BCUT2D eigenvalue weighted by Crippen LogP contribution is 2.36. The monoisotopic (exact) mass is 489 g/mol. The maximum Gasteiger partial charge on any atom is 0.490 e. The predicted octanol–water partition coefficient (Wildman–Crippen LogP) is 5.14. The number of carboxylic acids is 1. The highest BCUT2D eigenvalue weighted by Gasteiger charge is 2.38. The molecule has 0 unspecified atom stereocenters. The van der Waals surface area contributed by atoms with Crippen LogP contribution in [0.25, 0.3) is 10.9 Å². The Balaban J connectivity index is 0.000000479. The molecular formula is C21H20ClF4N3O4. The maximum absolute atomic E-state index is 14.1. The highest BCUT2D eigenvalue weighted by atomic mass is 35.5. The molecule has 178 valence electrons. The zero-order valence-corrected chi connectivity index (χ0v) is 18.0. The normalized spacial score (nSPS) is 10.9. The Bertz CT molecular complexity index is 1110. The molecular weight excluding hydrogens is 470 g/mol. The van der Waals surface area contributed by atoms with Gasteiger partial charge < -0.3 is 25.6 Å². The average Bonchev–Trinajstić information content (AvgIpc) is 2.75. The molecule has 4 N–H and O–H groups in total. The quantitative estimate of drug-likeness (QED) is 0.311. The van der Waals surface area contributed by atoms with Crippen LogP contribution in [-0.2, 0) is 4.79 Å². The Hall–Kier alpha value is -3.31. The number of nitrogens with two attached hydrogens (primary N) is 1. The van der Waals surface area contributed by atoms with E-state index >= 15 is 0 Å². The molecule has 0 saturated carbocycles. The summed E-state index contributed by atoms with van der Waals surface area (Å²) in [7, 11) is 1.57. The zero-order valence-electron chi connectivity index (χ0n) is 17.2. The van der Waals surface area contributed by atoms with E-state index in [1.54, 1.807) is 37.6 Å². The standard InChI is InChI=1S/C19H19ClFN3O2.C2HF3O2/c1-25-18-10-13-15(24-16-4-3-12(20)9-14(16)21)5-7-23-17(13)11-19(18)26-8-2-6-22;3-2(4,5)1(6)7/h3-5,7,9-11H,2,6,8,22H2,1H3,(H,23,24);(H,6,7). The lowest BCUT2D eigenvalue weighted by Crippen LogP contribution is -2.21. The van der Waals surface area contributed by atoms with Gasteiger partial charge in [-0.15, -0.1) is 0 Å². The van der Waals surface area contributed by atoms with Crippen LogP contribution in [-0.4, -0.2) is 42.5 Å². The van der Waals surface area contributed by atoms with Crippen molar-refractivity contribution in [3.8, 4) is 11.5 Å². The summed E-state index contributed by atoms with van der Waals surface area (Å²) in [5.74, 6) is -2.03. The van der Waals surface area contributed by atoms with E-state index in [1.165, 1.54) is 6.07 Å². The second-order valence-corrected chi connectivity index (χ2v) is 6.86. The number of benzene rings is 2. The number of pyridine rings is 1. The first kappa shape index (κ1) is 25.9. The summed E-state index contributed by atoms with van der Waals surface area (Å²) in [5.41, 5.74) is 7.22. The molecule has 0 bridgehead atoms. The molecule has 0 aliphatic carbocycles. The molecule has 0 aliphatic heterocycles. The Morgan fingerprint density at radius 3 is 2.45 bits per heavy atom. The van der Waals surface area contributed by atoms with Gasteiger partial charge in [0.1, 0.15) is 5.82 Å². The van der Waals surface area contributed by atoms with Gasteiger partial charge in [0.2, 0.25) is 0 Å². The second kappa shape index (κ2) is 11.5. The van der Waals surface area contributed by atoms with Crippen LogP contribution in [0.3, 0.4) is 0 Å². The number of rotatable bonds is 7. The fraction of sp³-hybridized carbons (Fsp3) is 0.238. The SMILES string of the molecule is COc1cc2c(Nc3ccc(Cl)cc3F)ccnc2cc1OCCCN.O=C(O)C(F)(F)F. The molecule has 0 radical (unpaired) electrons. The van der Waals surface area contributed by atoms with Gasteiger partial charge in [-0.05, 0) is 43.3 Å². The summed E-state index contributed by atoms with van der Waals surface area (Å²) in [6, 6.07) is 9.86. The number of carboxylic acid groups (broad SMARTS) is 1. The first-order chi connectivity index (χ1) is 15.6. The van der Waals surface area contributed by atoms with Crippen LogP contribution < -0.4 is 20.5 Å². The number of ether oxygens (including phenoxy) is 2. The van der Waals surface area contributed by atoms with Crippen molar-refractivity contribution < 1.29 is 36.9 Å². The number of fused-ring (bicyclic) bond motifs is 1. The molecule has 33 heavy (non-hydrogen) atoms. The maximum atomic E-state index is 14.1. The van der Waals surface area contributed by atoms with Crippen molar-refractivity contribution in [1.82, 2.24) is 4.98 Å². The van der Waals surface area contributed by atoms with Gasteiger partial charge in [0, 0.05) is 28.4 Å². The van der Waals surface area contributed by atoms with Crippen molar-refractivity contribution in [2.24, 2.45) is 5.73 Å². The average molecular weight is 490 g/mol. The van der Waals surface area contributed by atoms with Crippen molar-refractivity contribution in [1.29, 1.82) is 0 Å². The van der Waals surface area contributed by atoms with E-state index in [1.807, 2.05) is 6.07 Å². The second-order valence-electron chi connectivity index (χ2n) is 6.42. The van der Waals surface area contributed by atoms with Crippen molar-refractivity contribution in [3.63, 3.8) is 0 Å².